The van der Waals surface area contributed by atoms with E-state index >= 15 is 0 Å². The number of hydrogen-bond donors (Lipinski definition) is 1. The Labute approximate surface area is 118 Å². The van der Waals surface area contributed by atoms with Crippen LogP contribution < -0.4 is 5.73 Å². The number of thiazole rings is 1. The van der Waals surface area contributed by atoms with Gasteiger partial charge in [0, 0.05) is 29.6 Å². The van der Waals surface area contributed by atoms with E-state index in [0.717, 1.165) is 35.8 Å². The second-order valence-electron chi connectivity index (χ2n) is 4.79. The maximum Gasteiger partial charge on any atom is 0.0900 e. The van der Waals surface area contributed by atoms with Gasteiger partial charge < -0.3 is 5.73 Å². The van der Waals surface area contributed by atoms with Gasteiger partial charge in [0.1, 0.15) is 0 Å². The van der Waals surface area contributed by atoms with E-state index in [-0.39, 0.29) is 6.04 Å². The van der Waals surface area contributed by atoms with Gasteiger partial charge in [0.15, 0.2) is 0 Å². The average molecular weight is 278 g/mol. The molecule has 0 fully saturated rings. The first-order valence-corrected chi connectivity index (χ1v) is 7.61. The summed E-state index contributed by atoms with van der Waals surface area (Å²) in [5, 5.41) is 5.65. The molecule has 0 aliphatic carbocycles. The molecule has 2 aromatic heterocycles. The van der Waals surface area contributed by atoms with Gasteiger partial charge in [0.25, 0.3) is 0 Å². The topological polar surface area (TPSA) is 56.7 Å². The van der Waals surface area contributed by atoms with Gasteiger partial charge in [0.05, 0.1) is 16.4 Å². The molecular formula is C14H22N4S. The Morgan fingerprint density at radius 2 is 2.11 bits per heavy atom. The van der Waals surface area contributed by atoms with Crippen LogP contribution in [0.5, 0.6) is 0 Å². The molecule has 2 N–H and O–H groups in total. The lowest BCUT2D eigenvalue weighted by Crippen LogP contribution is -2.16. The maximum atomic E-state index is 6.34. The van der Waals surface area contributed by atoms with Crippen molar-refractivity contribution in [2.75, 3.05) is 0 Å². The summed E-state index contributed by atoms with van der Waals surface area (Å²) in [6.45, 7) is 9.20. The van der Waals surface area contributed by atoms with Crippen molar-refractivity contribution in [1.82, 2.24) is 14.8 Å². The van der Waals surface area contributed by atoms with Crippen LogP contribution in [-0.2, 0) is 19.4 Å². The number of nitrogens with two attached hydrogens (primary N) is 1. The van der Waals surface area contributed by atoms with Crippen LogP contribution in [0.2, 0.25) is 0 Å². The van der Waals surface area contributed by atoms with Crippen LogP contribution in [0.25, 0.3) is 0 Å². The highest BCUT2D eigenvalue weighted by molar-refractivity contribution is 7.11. The molecule has 0 amide bonds. The van der Waals surface area contributed by atoms with Gasteiger partial charge in [-0.2, -0.15) is 5.10 Å². The van der Waals surface area contributed by atoms with Crippen LogP contribution in [0.1, 0.15) is 46.9 Å². The van der Waals surface area contributed by atoms with Crippen molar-refractivity contribution in [3.8, 4) is 0 Å². The van der Waals surface area contributed by atoms with E-state index in [0.29, 0.717) is 0 Å². The molecule has 0 bridgehead atoms. The molecule has 19 heavy (non-hydrogen) atoms. The lowest BCUT2D eigenvalue weighted by molar-refractivity contribution is 0.587. The third-order valence-electron chi connectivity index (χ3n) is 3.28. The SMILES string of the molecule is CCc1cc(CC(N)c2sc(C)nc2C)n(CC)n1. The zero-order valence-corrected chi connectivity index (χ0v) is 12.9. The van der Waals surface area contributed by atoms with E-state index in [2.05, 4.69) is 34.7 Å². The molecule has 104 valence electrons. The number of nitrogens with zero attached hydrogens (tertiary/aromatic N) is 3. The molecule has 0 aromatic carbocycles. The van der Waals surface area contributed by atoms with E-state index in [1.54, 1.807) is 11.3 Å². The molecular weight excluding hydrogens is 256 g/mol. The van der Waals surface area contributed by atoms with Crippen LogP contribution in [0.15, 0.2) is 6.07 Å². The van der Waals surface area contributed by atoms with Crippen molar-refractivity contribution in [3.63, 3.8) is 0 Å². The summed E-state index contributed by atoms with van der Waals surface area (Å²) in [5.74, 6) is 0. The molecule has 2 heterocycles. The molecule has 1 atom stereocenters. The second kappa shape index (κ2) is 5.84. The van der Waals surface area contributed by atoms with Crippen LogP contribution in [0.3, 0.4) is 0 Å². The predicted octanol–water partition coefficient (Wildman–Crippen LogP) is 2.78. The standard InChI is InChI=1S/C14H22N4S/c1-5-11-7-12(18(6-2)17-11)8-13(15)14-9(3)16-10(4)19-14/h7,13H,5-6,8,15H2,1-4H3. The molecule has 0 aliphatic rings. The molecule has 0 saturated carbocycles. The van der Waals surface area contributed by atoms with Gasteiger partial charge in [-0.05, 0) is 33.3 Å². The number of rotatable bonds is 5. The van der Waals surface area contributed by atoms with Crippen LogP contribution in [0.4, 0.5) is 0 Å². The fraction of sp³-hybridized carbons (Fsp3) is 0.571. The van der Waals surface area contributed by atoms with Crippen molar-refractivity contribution < 1.29 is 0 Å². The van der Waals surface area contributed by atoms with E-state index in [4.69, 9.17) is 5.73 Å². The third-order valence-corrected chi connectivity index (χ3v) is 4.49. The van der Waals surface area contributed by atoms with Crippen LogP contribution in [-0.4, -0.2) is 14.8 Å². The number of aromatic nitrogens is 3. The Hall–Kier alpha value is -1.20. The lowest BCUT2D eigenvalue weighted by Gasteiger charge is -2.11. The van der Waals surface area contributed by atoms with E-state index in [1.807, 2.05) is 13.8 Å². The highest BCUT2D eigenvalue weighted by Gasteiger charge is 2.16. The fourth-order valence-electron chi connectivity index (χ4n) is 2.33. The minimum atomic E-state index is 0.0120. The zero-order chi connectivity index (χ0) is 14.0. The molecule has 2 rings (SSSR count). The summed E-state index contributed by atoms with van der Waals surface area (Å²) < 4.78 is 2.06. The maximum absolute atomic E-state index is 6.34. The van der Waals surface area contributed by atoms with Gasteiger partial charge in [-0.25, -0.2) is 4.98 Å². The van der Waals surface area contributed by atoms with Crippen molar-refractivity contribution in [2.45, 2.75) is 53.1 Å². The van der Waals surface area contributed by atoms with Gasteiger partial charge in [0.2, 0.25) is 0 Å². The number of aryl methyl sites for hydroxylation is 4. The highest BCUT2D eigenvalue weighted by atomic mass is 32.1. The smallest absolute Gasteiger partial charge is 0.0900 e. The first kappa shape index (κ1) is 14.2. The molecule has 1 unspecified atom stereocenters. The van der Waals surface area contributed by atoms with Crippen molar-refractivity contribution >= 4 is 11.3 Å². The van der Waals surface area contributed by atoms with Gasteiger partial charge in [-0.15, -0.1) is 11.3 Å². The normalized spacial score (nSPS) is 12.9. The van der Waals surface area contributed by atoms with Gasteiger partial charge in [-0.1, -0.05) is 6.92 Å². The summed E-state index contributed by atoms with van der Waals surface area (Å²) in [6.07, 6.45) is 1.79. The van der Waals surface area contributed by atoms with E-state index < -0.39 is 0 Å². The predicted molar refractivity (Wildman–Crippen MR) is 79.5 cm³/mol. The Morgan fingerprint density at radius 1 is 1.37 bits per heavy atom. The second-order valence-corrected chi connectivity index (χ2v) is 6.02. The molecule has 0 spiro atoms. The summed E-state index contributed by atoms with van der Waals surface area (Å²) >= 11 is 1.70. The Kier molecular flexibility index (Phi) is 4.37. The highest BCUT2D eigenvalue weighted by Crippen LogP contribution is 2.26. The van der Waals surface area contributed by atoms with Crippen LogP contribution in [0, 0.1) is 13.8 Å². The molecule has 4 nitrogen and oxygen atoms in total. The Morgan fingerprint density at radius 3 is 2.63 bits per heavy atom. The lowest BCUT2D eigenvalue weighted by atomic mass is 10.1. The minimum absolute atomic E-state index is 0.0120. The Balaban J connectivity index is 2.20. The van der Waals surface area contributed by atoms with Gasteiger partial charge >= 0.3 is 0 Å². The Bertz CT molecular complexity index is 556. The summed E-state index contributed by atoms with van der Waals surface area (Å²) in [7, 11) is 0. The van der Waals surface area contributed by atoms with Crippen LogP contribution >= 0.6 is 11.3 Å². The quantitative estimate of drug-likeness (QED) is 0.915. The largest absolute Gasteiger partial charge is 0.323 e. The molecule has 0 radical (unpaired) electrons. The summed E-state index contributed by atoms with van der Waals surface area (Å²) in [4.78, 5) is 5.65. The first-order chi connectivity index (χ1) is 9.05. The first-order valence-electron chi connectivity index (χ1n) is 6.80. The summed E-state index contributed by atoms with van der Waals surface area (Å²) in [6, 6.07) is 2.19. The number of hydrogen-bond acceptors (Lipinski definition) is 4. The molecule has 2 aromatic rings. The van der Waals surface area contributed by atoms with E-state index in [9.17, 15) is 0 Å². The summed E-state index contributed by atoms with van der Waals surface area (Å²) in [5.41, 5.74) is 9.77. The van der Waals surface area contributed by atoms with Crippen molar-refractivity contribution in [2.24, 2.45) is 5.73 Å². The molecule has 0 aliphatic heterocycles. The monoisotopic (exact) mass is 278 g/mol. The third kappa shape index (κ3) is 3.04. The van der Waals surface area contributed by atoms with Crippen molar-refractivity contribution in [1.29, 1.82) is 0 Å². The zero-order valence-electron chi connectivity index (χ0n) is 12.1. The fourth-order valence-corrected chi connectivity index (χ4v) is 3.26. The molecule has 5 heteroatoms. The van der Waals surface area contributed by atoms with E-state index in [1.165, 1.54) is 10.6 Å². The van der Waals surface area contributed by atoms with Gasteiger partial charge in [-0.3, -0.25) is 4.68 Å². The average Bonchev–Trinajstić information content (AvgIpc) is 2.92. The molecule has 0 saturated heterocycles. The minimum Gasteiger partial charge on any atom is -0.323 e. The van der Waals surface area contributed by atoms with Crippen molar-refractivity contribution in [3.05, 3.63) is 33.0 Å².